The topological polar surface area (TPSA) is 68.0 Å². The number of aliphatic hydroxyl groups is 1. The predicted molar refractivity (Wildman–Crippen MR) is 136 cm³/mol. The Morgan fingerprint density at radius 2 is 1.71 bits per heavy atom. The highest BCUT2D eigenvalue weighted by molar-refractivity contribution is 5.67. The van der Waals surface area contributed by atoms with Gasteiger partial charge in [-0.15, -0.1) is 6.58 Å². The predicted octanol–water partition coefficient (Wildman–Crippen LogP) is 4.97. The SMILES string of the molecule is C=CCN(C)C[C@H]1C[C@@H](c2ccc(CO)cc2)O[C@@H](c2ccc(-c3ccccc3CN)cc2)O1. The number of ether oxygens (including phenoxy) is 2. The van der Waals surface area contributed by atoms with E-state index in [1.807, 2.05) is 42.5 Å². The van der Waals surface area contributed by atoms with Crippen LogP contribution in [0.3, 0.4) is 0 Å². The summed E-state index contributed by atoms with van der Waals surface area (Å²) in [6, 6.07) is 24.6. The second-order valence-electron chi connectivity index (χ2n) is 8.84. The third kappa shape index (κ3) is 5.81. The molecule has 3 aromatic rings. The molecule has 5 nitrogen and oxygen atoms in total. The lowest BCUT2D eigenvalue weighted by atomic mass is 9.97. The largest absolute Gasteiger partial charge is 0.392 e. The summed E-state index contributed by atoms with van der Waals surface area (Å²) in [6.07, 6.45) is 2.13. The second kappa shape index (κ2) is 11.6. The van der Waals surface area contributed by atoms with Gasteiger partial charge < -0.3 is 25.2 Å². The lowest BCUT2D eigenvalue weighted by Gasteiger charge is -2.37. The van der Waals surface area contributed by atoms with Crippen LogP contribution in [0.4, 0.5) is 0 Å². The summed E-state index contributed by atoms with van der Waals surface area (Å²) in [6.45, 7) is 5.98. The fraction of sp³-hybridized carbons (Fsp3) is 0.310. The van der Waals surface area contributed by atoms with Crippen molar-refractivity contribution in [2.75, 3.05) is 20.1 Å². The highest BCUT2D eigenvalue weighted by Gasteiger charge is 2.32. The van der Waals surface area contributed by atoms with Crippen molar-refractivity contribution in [2.24, 2.45) is 5.73 Å². The average Bonchev–Trinajstić information content (AvgIpc) is 2.88. The first-order valence-corrected chi connectivity index (χ1v) is 11.8. The van der Waals surface area contributed by atoms with Crippen molar-refractivity contribution < 1.29 is 14.6 Å². The van der Waals surface area contributed by atoms with Gasteiger partial charge in [0.1, 0.15) is 0 Å². The summed E-state index contributed by atoms with van der Waals surface area (Å²) >= 11 is 0. The van der Waals surface area contributed by atoms with E-state index in [2.05, 4.69) is 54.9 Å². The molecule has 0 aromatic heterocycles. The van der Waals surface area contributed by atoms with Crippen LogP contribution in [-0.2, 0) is 22.6 Å². The number of benzene rings is 3. The summed E-state index contributed by atoms with van der Waals surface area (Å²) in [7, 11) is 2.07. The molecule has 0 bridgehead atoms. The third-order valence-electron chi connectivity index (χ3n) is 6.30. The molecule has 4 rings (SSSR count). The molecule has 0 saturated carbocycles. The van der Waals surface area contributed by atoms with Crippen LogP contribution in [0.15, 0.2) is 85.5 Å². The molecule has 1 fully saturated rings. The Hall–Kier alpha value is -2.80. The zero-order chi connectivity index (χ0) is 23.9. The molecule has 34 heavy (non-hydrogen) atoms. The maximum absolute atomic E-state index is 9.39. The Bertz CT molecular complexity index is 1070. The Balaban J connectivity index is 1.57. The van der Waals surface area contributed by atoms with Gasteiger partial charge in [-0.05, 0) is 34.9 Å². The first kappa shape index (κ1) is 24.3. The molecule has 3 N–H and O–H groups in total. The molecule has 3 atom stereocenters. The van der Waals surface area contributed by atoms with Crippen LogP contribution >= 0.6 is 0 Å². The van der Waals surface area contributed by atoms with Crippen molar-refractivity contribution in [2.45, 2.75) is 38.1 Å². The highest BCUT2D eigenvalue weighted by Crippen LogP contribution is 2.38. The zero-order valence-corrected chi connectivity index (χ0v) is 19.8. The van der Waals surface area contributed by atoms with E-state index < -0.39 is 6.29 Å². The number of nitrogens with zero attached hydrogens (tertiary/aromatic N) is 1. The van der Waals surface area contributed by atoms with E-state index in [-0.39, 0.29) is 18.8 Å². The van der Waals surface area contributed by atoms with E-state index in [9.17, 15) is 5.11 Å². The molecular formula is C29H34N2O3. The summed E-state index contributed by atoms with van der Waals surface area (Å²) in [5.74, 6) is 0. The Kier molecular flexibility index (Phi) is 8.27. The summed E-state index contributed by atoms with van der Waals surface area (Å²) in [4.78, 5) is 2.21. The summed E-state index contributed by atoms with van der Waals surface area (Å²) < 4.78 is 12.9. The van der Waals surface area contributed by atoms with Gasteiger partial charge in [-0.25, -0.2) is 0 Å². The van der Waals surface area contributed by atoms with Crippen molar-refractivity contribution >= 4 is 0 Å². The van der Waals surface area contributed by atoms with E-state index in [0.29, 0.717) is 6.54 Å². The summed E-state index contributed by atoms with van der Waals surface area (Å²) in [5, 5.41) is 9.39. The fourth-order valence-corrected chi connectivity index (χ4v) is 4.48. The number of aliphatic hydroxyl groups excluding tert-OH is 1. The Morgan fingerprint density at radius 3 is 2.38 bits per heavy atom. The molecule has 3 aromatic carbocycles. The Labute approximate surface area is 202 Å². The molecule has 0 radical (unpaired) electrons. The maximum atomic E-state index is 9.39. The van der Waals surface area contributed by atoms with Crippen LogP contribution in [0.2, 0.25) is 0 Å². The monoisotopic (exact) mass is 458 g/mol. The van der Waals surface area contributed by atoms with E-state index in [4.69, 9.17) is 15.2 Å². The smallest absolute Gasteiger partial charge is 0.184 e. The zero-order valence-electron chi connectivity index (χ0n) is 19.8. The van der Waals surface area contributed by atoms with Crippen molar-refractivity contribution in [1.82, 2.24) is 4.90 Å². The van der Waals surface area contributed by atoms with Crippen molar-refractivity contribution in [1.29, 1.82) is 0 Å². The minimum absolute atomic E-state index is 0.0175. The van der Waals surface area contributed by atoms with Crippen LogP contribution in [0.1, 0.15) is 41.1 Å². The van der Waals surface area contributed by atoms with Gasteiger partial charge in [0.25, 0.3) is 0 Å². The van der Waals surface area contributed by atoms with Gasteiger partial charge in [0, 0.05) is 31.6 Å². The lowest BCUT2D eigenvalue weighted by Crippen LogP contribution is -2.37. The van der Waals surface area contributed by atoms with E-state index in [1.165, 1.54) is 0 Å². The van der Waals surface area contributed by atoms with E-state index >= 15 is 0 Å². The van der Waals surface area contributed by atoms with Crippen molar-refractivity contribution in [3.8, 4) is 11.1 Å². The number of likely N-dealkylation sites (N-methyl/N-ethyl adjacent to an activating group) is 1. The number of rotatable bonds is 9. The molecule has 1 heterocycles. The number of hydrogen-bond acceptors (Lipinski definition) is 5. The van der Waals surface area contributed by atoms with Crippen LogP contribution < -0.4 is 5.73 Å². The molecule has 0 aliphatic carbocycles. The first-order chi connectivity index (χ1) is 16.6. The van der Waals surface area contributed by atoms with Gasteiger partial charge in [-0.2, -0.15) is 0 Å². The molecule has 0 amide bonds. The normalized spacial score (nSPS) is 20.4. The molecule has 1 aliphatic rings. The van der Waals surface area contributed by atoms with Gasteiger partial charge in [0.2, 0.25) is 0 Å². The van der Waals surface area contributed by atoms with Crippen LogP contribution in [0.25, 0.3) is 11.1 Å². The van der Waals surface area contributed by atoms with Crippen molar-refractivity contribution in [3.05, 3.63) is 108 Å². The summed E-state index contributed by atoms with van der Waals surface area (Å²) in [5.41, 5.74) is 12.3. The average molecular weight is 459 g/mol. The van der Waals surface area contributed by atoms with Gasteiger partial charge in [-0.3, -0.25) is 0 Å². The molecule has 0 unspecified atom stereocenters. The number of hydrogen-bond donors (Lipinski definition) is 2. The van der Waals surface area contributed by atoms with Gasteiger partial charge in [0.15, 0.2) is 6.29 Å². The van der Waals surface area contributed by atoms with Crippen LogP contribution in [0.5, 0.6) is 0 Å². The van der Waals surface area contributed by atoms with Gasteiger partial charge in [0.05, 0.1) is 18.8 Å². The fourth-order valence-electron chi connectivity index (χ4n) is 4.48. The van der Waals surface area contributed by atoms with Gasteiger partial charge >= 0.3 is 0 Å². The quantitative estimate of drug-likeness (QED) is 0.443. The number of nitrogens with two attached hydrogens (primary N) is 1. The third-order valence-corrected chi connectivity index (χ3v) is 6.30. The maximum Gasteiger partial charge on any atom is 0.184 e. The molecule has 5 heteroatoms. The molecule has 1 saturated heterocycles. The van der Waals surface area contributed by atoms with Crippen LogP contribution in [0, 0.1) is 0 Å². The first-order valence-electron chi connectivity index (χ1n) is 11.8. The molecule has 0 spiro atoms. The van der Waals surface area contributed by atoms with Crippen molar-refractivity contribution in [3.63, 3.8) is 0 Å². The lowest BCUT2D eigenvalue weighted by molar-refractivity contribution is -0.252. The van der Waals surface area contributed by atoms with Gasteiger partial charge in [-0.1, -0.05) is 78.9 Å². The minimum Gasteiger partial charge on any atom is -0.392 e. The van der Waals surface area contributed by atoms with E-state index in [1.54, 1.807) is 0 Å². The second-order valence-corrected chi connectivity index (χ2v) is 8.84. The molecular weight excluding hydrogens is 424 g/mol. The minimum atomic E-state index is -0.461. The molecule has 178 valence electrons. The standard InChI is InChI=1S/C29H34N2O3/c1-3-16-31(2)19-26-17-28(23-10-8-21(20-32)9-11-23)34-29(33-26)24-14-12-22(13-15-24)27-7-5-4-6-25(27)18-30/h3-15,26,28-29,32H,1,16-20,30H2,2H3/t26-,28+,29+/m1/s1. The Morgan fingerprint density at radius 1 is 1.00 bits per heavy atom. The van der Waals surface area contributed by atoms with E-state index in [0.717, 1.165) is 52.9 Å². The molecule has 1 aliphatic heterocycles. The highest BCUT2D eigenvalue weighted by atomic mass is 16.7. The van der Waals surface area contributed by atoms with Crippen LogP contribution in [-0.4, -0.2) is 36.2 Å².